The Balaban J connectivity index is 4.56. The zero-order valence-corrected chi connectivity index (χ0v) is 32.8. The van der Waals surface area contributed by atoms with Crippen molar-refractivity contribution in [1.82, 2.24) is 0 Å². The minimum Gasteiger partial charge on any atom is -0.462 e. The quantitative estimate of drug-likeness (QED) is 0.0291. The molecule has 0 aliphatic rings. The van der Waals surface area contributed by atoms with Crippen LogP contribution in [0.5, 0.6) is 0 Å². The van der Waals surface area contributed by atoms with Crippen LogP contribution in [0.1, 0.15) is 143 Å². The van der Waals surface area contributed by atoms with Crippen LogP contribution in [-0.2, 0) is 28.6 Å². The maximum Gasteiger partial charge on any atom is 0.306 e. The van der Waals surface area contributed by atoms with Gasteiger partial charge in [0.1, 0.15) is 13.2 Å². The summed E-state index contributed by atoms with van der Waals surface area (Å²) in [6, 6.07) is 0. The molecule has 1 atom stereocenters. The zero-order chi connectivity index (χ0) is 38.0. The van der Waals surface area contributed by atoms with Crippen molar-refractivity contribution in [2.45, 2.75) is 149 Å². The Kier molecular flexibility index (Phi) is 36.8. The highest BCUT2D eigenvalue weighted by atomic mass is 16.6. The molecule has 290 valence electrons. The molecule has 0 fully saturated rings. The topological polar surface area (TPSA) is 78.9 Å². The van der Waals surface area contributed by atoms with E-state index < -0.39 is 6.10 Å². The highest BCUT2D eigenvalue weighted by molar-refractivity contribution is 5.71. The minimum absolute atomic E-state index is 0.135. The first-order valence-corrected chi connectivity index (χ1v) is 19.9. The zero-order valence-electron chi connectivity index (χ0n) is 32.8. The van der Waals surface area contributed by atoms with Crippen molar-refractivity contribution in [1.29, 1.82) is 0 Å². The maximum atomic E-state index is 12.6. The molecule has 1 unspecified atom stereocenters. The summed E-state index contributed by atoms with van der Waals surface area (Å²) in [4.78, 5) is 37.4. The number of esters is 3. The molecular weight excluding hydrogens is 648 g/mol. The summed E-state index contributed by atoms with van der Waals surface area (Å²) in [7, 11) is 0. The lowest BCUT2D eigenvalue weighted by molar-refractivity contribution is -0.166. The summed E-state index contributed by atoms with van der Waals surface area (Å²) >= 11 is 0. The highest BCUT2D eigenvalue weighted by Crippen LogP contribution is 2.09. The Hall–Kier alpha value is -3.93. The molecular formula is C46H70O6. The summed E-state index contributed by atoms with van der Waals surface area (Å²) in [5, 5.41) is 0. The van der Waals surface area contributed by atoms with Gasteiger partial charge in [-0.3, -0.25) is 14.4 Å². The second kappa shape index (κ2) is 39.8. The van der Waals surface area contributed by atoms with Crippen LogP contribution in [-0.4, -0.2) is 37.2 Å². The van der Waals surface area contributed by atoms with E-state index in [1.807, 2.05) is 12.2 Å². The Morgan fingerprint density at radius 1 is 0.385 bits per heavy atom. The fourth-order valence-corrected chi connectivity index (χ4v) is 4.62. The molecule has 6 nitrogen and oxygen atoms in total. The Morgan fingerprint density at radius 3 is 1.12 bits per heavy atom. The lowest BCUT2D eigenvalue weighted by Crippen LogP contribution is -2.30. The fourth-order valence-electron chi connectivity index (χ4n) is 4.62. The van der Waals surface area contributed by atoms with Crippen molar-refractivity contribution in [2.75, 3.05) is 13.2 Å². The van der Waals surface area contributed by atoms with E-state index in [2.05, 4.69) is 118 Å². The molecule has 0 radical (unpaired) electrons. The third kappa shape index (κ3) is 37.3. The lowest BCUT2D eigenvalue weighted by Gasteiger charge is -2.18. The second-order valence-electron chi connectivity index (χ2n) is 12.4. The van der Waals surface area contributed by atoms with Crippen LogP contribution in [0.3, 0.4) is 0 Å². The summed E-state index contributed by atoms with van der Waals surface area (Å²) < 4.78 is 16.4. The molecule has 0 aromatic heterocycles. The average molecular weight is 719 g/mol. The Morgan fingerprint density at radius 2 is 0.712 bits per heavy atom. The first-order chi connectivity index (χ1) is 25.5. The van der Waals surface area contributed by atoms with E-state index in [-0.39, 0.29) is 44.0 Å². The number of rotatable bonds is 33. The van der Waals surface area contributed by atoms with Crippen LogP contribution in [0.15, 0.2) is 109 Å². The lowest BCUT2D eigenvalue weighted by atomic mass is 10.2. The molecule has 0 aromatic carbocycles. The monoisotopic (exact) mass is 719 g/mol. The van der Waals surface area contributed by atoms with Gasteiger partial charge in [0.2, 0.25) is 0 Å². The molecule has 6 heteroatoms. The van der Waals surface area contributed by atoms with Gasteiger partial charge in [0.15, 0.2) is 6.10 Å². The van der Waals surface area contributed by atoms with Gasteiger partial charge >= 0.3 is 17.9 Å². The van der Waals surface area contributed by atoms with Crippen molar-refractivity contribution in [2.24, 2.45) is 0 Å². The van der Waals surface area contributed by atoms with Gasteiger partial charge in [0.05, 0.1) is 0 Å². The fraction of sp³-hybridized carbons (Fsp3) is 0.543. The van der Waals surface area contributed by atoms with E-state index in [9.17, 15) is 14.4 Å². The van der Waals surface area contributed by atoms with E-state index in [4.69, 9.17) is 14.2 Å². The van der Waals surface area contributed by atoms with Crippen molar-refractivity contribution in [3.05, 3.63) is 109 Å². The van der Waals surface area contributed by atoms with Crippen LogP contribution < -0.4 is 0 Å². The van der Waals surface area contributed by atoms with Gasteiger partial charge in [0.25, 0.3) is 0 Å². The van der Waals surface area contributed by atoms with Gasteiger partial charge in [-0.1, -0.05) is 130 Å². The minimum atomic E-state index is -0.835. The molecule has 0 aliphatic carbocycles. The molecule has 0 saturated carbocycles. The standard InChI is InChI=1S/C46H70O6/c1-4-7-10-13-16-19-20-21-22-23-24-25-28-30-33-36-39-45(48)51-42-43(52-46(49)40-37-34-31-27-18-15-12-9-6-3)41-50-44(47)38-35-32-29-26-17-14-11-8-5-2/h7-12,16-19,21-22,24-27,30,33,43H,4-6,13-15,20,23,28-29,31-32,34-42H2,1-3H3/b10-7-,11-8-,12-9-,19-16-,22-21-,25-24-,26-17-,27-18-,33-30-. The molecule has 0 N–H and O–H groups in total. The maximum absolute atomic E-state index is 12.6. The Labute approximate surface area is 317 Å². The number of carbonyl (C=O) groups is 3. The number of ether oxygens (including phenoxy) is 3. The summed E-state index contributed by atoms with van der Waals surface area (Å²) in [5.74, 6) is -1.11. The van der Waals surface area contributed by atoms with Gasteiger partial charge in [0, 0.05) is 19.3 Å². The molecule has 0 heterocycles. The van der Waals surface area contributed by atoms with E-state index in [1.54, 1.807) is 0 Å². The number of hydrogen-bond acceptors (Lipinski definition) is 6. The SMILES string of the molecule is CC/C=C\C/C=C\C/C=C\C/C=C\C/C=C\CCC(=O)OCC(COC(=O)CCCC/C=C\C/C=C\CC)OC(=O)CCCC/C=C\C/C=C\CC. The molecule has 0 aliphatic heterocycles. The van der Waals surface area contributed by atoms with Gasteiger partial charge in [-0.15, -0.1) is 0 Å². The normalized spacial score (nSPS) is 13.2. The number of unbranched alkanes of at least 4 members (excludes halogenated alkanes) is 4. The largest absolute Gasteiger partial charge is 0.462 e. The van der Waals surface area contributed by atoms with E-state index in [0.717, 1.165) is 83.5 Å². The van der Waals surface area contributed by atoms with Crippen LogP contribution >= 0.6 is 0 Å². The number of hydrogen-bond donors (Lipinski definition) is 0. The van der Waals surface area contributed by atoms with Crippen LogP contribution in [0.25, 0.3) is 0 Å². The van der Waals surface area contributed by atoms with Crippen molar-refractivity contribution >= 4 is 17.9 Å². The van der Waals surface area contributed by atoms with Gasteiger partial charge < -0.3 is 14.2 Å². The van der Waals surface area contributed by atoms with Crippen LogP contribution in [0.4, 0.5) is 0 Å². The average Bonchev–Trinajstić information content (AvgIpc) is 3.14. The predicted octanol–water partition coefficient (Wildman–Crippen LogP) is 12.5. The molecule has 0 aromatic rings. The van der Waals surface area contributed by atoms with Gasteiger partial charge in [-0.2, -0.15) is 0 Å². The predicted molar refractivity (Wildman–Crippen MR) is 219 cm³/mol. The van der Waals surface area contributed by atoms with Crippen molar-refractivity contribution < 1.29 is 28.6 Å². The smallest absolute Gasteiger partial charge is 0.306 e. The third-order valence-electron chi connectivity index (χ3n) is 7.52. The van der Waals surface area contributed by atoms with Crippen LogP contribution in [0.2, 0.25) is 0 Å². The van der Waals surface area contributed by atoms with E-state index in [0.29, 0.717) is 25.7 Å². The first-order valence-electron chi connectivity index (χ1n) is 19.9. The molecule has 0 saturated heterocycles. The van der Waals surface area contributed by atoms with Gasteiger partial charge in [-0.25, -0.2) is 0 Å². The number of carbonyl (C=O) groups excluding carboxylic acids is 3. The summed E-state index contributed by atoms with van der Waals surface area (Å²) in [5.41, 5.74) is 0. The summed E-state index contributed by atoms with van der Waals surface area (Å²) in [6.07, 6.45) is 52.5. The highest BCUT2D eigenvalue weighted by Gasteiger charge is 2.19. The third-order valence-corrected chi connectivity index (χ3v) is 7.52. The first kappa shape index (κ1) is 48.1. The van der Waals surface area contributed by atoms with Crippen molar-refractivity contribution in [3.8, 4) is 0 Å². The molecule has 0 amide bonds. The van der Waals surface area contributed by atoms with Gasteiger partial charge in [-0.05, 0) is 103 Å². The van der Waals surface area contributed by atoms with E-state index in [1.165, 1.54) is 0 Å². The molecule has 0 bridgehead atoms. The van der Waals surface area contributed by atoms with Crippen molar-refractivity contribution in [3.63, 3.8) is 0 Å². The molecule has 0 rings (SSSR count). The Bertz CT molecular complexity index is 1150. The number of allylic oxidation sites excluding steroid dienone is 18. The van der Waals surface area contributed by atoms with E-state index >= 15 is 0 Å². The molecule has 52 heavy (non-hydrogen) atoms. The molecule has 0 spiro atoms. The summed E-state index contributed by atoms with van der Waals surface area (Å²) in [6.45, 7) is 6.09. The van der Waals surface area contributed by atoms with Crippen LogP contribution in [0, 0.1) is 0 Å². The second-order valence-corrected chi connectivity index (χ2v) is 12.4.